The van der Waals surface area contributed by atoms with Gasteiger partial charge in [-0.3, -0.25) is 0 Å². The largest absolute Gasteiger partial charge is 0.416 e. The maximum Gasteiger partial charge on any atom is 0.416 e. The molecule has 0 aliphatic heterocycles. The quantitative estimate of drug-likeness (QED) is 0.534. The van der Waals surface area contributed by atoms with E-state index in [1.165, 1.54) is 12.1 Å². The van der Waals surface area contributed by atoms with Gasteiger partial charge >= 0.3 is 12.4 Å². The van der Waals surface area contributed by atoms with Crippen LogP contribution in [-0.2, 0) is 12.4 Å². The highest BCUT2D eigenvalue weighted by Crippen LogP contribution is 2.39. The van der Waals surface area contributed by atoms with Crippen LogP contribution in [0.5, 0.6) is 0 Å². The molecule has 2 aromatic rings. The van der Waals surface area contributed by atoms with Crippen molar-refractivity contribution in [2.75, 3.05) is 5.73 Å². The van der Waals surface area contributed by atoms with Gasteiger partial charge in [-0.15, -0.1) is 0 Å². The number of hydrogen-bond donors (Lipinski definition) is 1. The maximum atomic E-state index is 12.9. The standard InChI is InChI=1S/C16H13F6N/c1-8-3-10(4-9(2)14(8)23)11-5-12(15(17,18)19)7-13(6-11)16(20,21)22/h3-7H,23H2,1-2H3. The van der Waals surface area contributed by atoms with Crippen molar-refractivity contribution in [1.82, 2.24) is 0 Å². The van der Waals surface area contributed by atoms with Gasteiger partial charge in [-0.1, -0.05) is 0 Å². The number of benzene rings is 2. The van der Waals surface area contributed by atoms with Crippen LogP contribution in [0.25, 0.3) is 11.1 Å². The number of hydrogen-bond acceptors (Lipinski definition) is 1. The van der Waals surface area contributed by atoms with Crippen LogP contribution < -0.4 is 5.73 Å². The molecule has 0 aliphatic carbocycles. The number of nitrogen functional groups attached to an aromatic ring is 1. The van der Waals surface area contributed by atoms with Crippen molar-refractivity contribution >= 4 is 5.69 Å². The molecule has 2 aromatic carbocycles. The predicted octanol–water partition coefficient (Wildman–Crippen LogP) is 5.59. The van der Waals surface area contributed by atoms with Crippen molar-refractivity contribution in [2.45, 2.75) is 26.2 Å². The predicted molar refractivity (Wildman–Crippen MR) is 75.8 cm³/mol. The molecule has 0 heterocycles. The lowest BCUT2D eigenvalue weighted by atomic mass is 9.95. The summed E-state index contributed by atoms with van der Waals surface area (Å²) in [5, 5.41) is 0. The van der Waals surface area contributed by atoms with E-state index >= 15 is 0 Å². The normalized spacial score (nSPS) is 12.5. The average molecular weight is 333 g/mol. The van der Waals surface area contributed by atoms with E-state index in [0.717, 1.165) is 0 Å². The van der Waals surface area contributed by atoms with Crippen LogP contribution in [0.1, 0.15) is 22.3 Å². The minimum Gasteiger partial charge on any atom is -0.398 e. The molecule has 0 spiro atoms. The number of halogens is 6. The number of rotatable bonds is 1. The second kappa shape index (κ2) is 5.47. The van der Waals surface area contributed by atoms with E-state index in [-0.39, 0.29) is 17.2 Å². The third-order valence-corrected chi connectivity index (χ3v) is 3.51. The van der Waals surface area contributed by atoms with Crippen LogP contribution in [0, 0.1) is 13.8 Å². The third kappa shape index (κ3) is 3.60. The maximum absolute atomic E-state index is 12.9. The van der Waals surface area contributed by atoms with Gasteiger partial charge in [0.2, 0.25) is 0 Å². The van der Waals surface area contributed by atoms with E-state index in [4.69, 9.17) is 5.73 Å². The van der Waals surface area contributed by atoms with Crippen LogP contribution >= 0.6 is 0 Å². The molecule has 0 saturated carbocycles. The minimum absolute atomic E-state index is 0.112. The van der Waals surface area contributed by atoms with Crippen molar-refractivity contribution < 1.29 is 26.3 Å². The SMILES string of the molecule is Cc1cc(-c2cc(C(F)(F)F)cc(C(F)(F)F)c2)cc(C)c1N. The van der Waals surface area contributed by atoms with E-state index < -0.39 is 23.5 Å². The van der Waals surface area contributed by atoms with Gasteiger partial charge in [0.1, 0.15) is 0 Å². The Morgan fingerprint density at radius 2 is 1.00 bits per heavy atom. The summed E-state index contributed by atoms with van der Waals surface area (Å²) in [7, 11) is 0. The zero-order chi connectivity index (χ0) is 17.6. The summed E-state index contributed by atoms with van der Waals surface area (Å²) in [5.41, 5.74) is 4.82. The van der Waals surface area contributed by atoms with Gasteiger partial charge in [0.25, 0.3) is 0 Å². The highest BCUT2D eigenvalue weighted by molar-refractivity contribution is 5.71. The van der Waals surface area contributed by atoms with Gasteiger partial charge < -0.3 is 5.73 Å². The first-order chi connectivity index (χ1) is 10.4. The molecule has 23 heavy (non-hydrogen) atoms. The lowest BCUT2D eigenvalue weighted by Crippen LogP contribution is -2.11. The number of anilines is 1. The summed E-state index contributed by atoms with van der Waals surface area (Å²) in [5.74, 6) is 0. The first kappa shape index (κ1) is 17.2. The second-order valence-corrected chi connectivity index (χ2v) is 5.32. The Hall–Kier alpha value is -2.18. The zero-order valence-electron chi connectivity index (χ0n) is 12.2. The number of alkyl halides is 6. The van der Waals surface area contributed by atoms with Crippen molar-refractivity contribution in [3.05, 3.63) is 52.6 Å². The molecule has 124 valence electrons. The molecule has 0 saturated heterocycles. The van der Waals surface area contributed by atoms with Gasteiger partial charge in [0, 0.05) is 5.69 Å². The van der Waals surface area contributed by atoms with Gasteiger partial charge in [-0.05, 0) is 66.4 Å². The van der Waals surface area contributed by atoms with Gasteiger partial charge in [-0.25, -0.2) is 0 Å². The van der Waals surface area contributed by atoms with E-state index in [1.807, 2.05) is 0 Å². The van der Waals surface area contributed by atoms with E-state index in [0.29, 0.717) is 28.9 Å². The molecule has 2 N–H and O–H groups in total. The van der Waals surface area contributed by atoms with Gasteiger partial charge in [0.05, 0.1) is 11.1 Å². The van der Waals surface area contributed by atoms with Crippen LogP contribution in [0.4, 0.5) is 32.0 Å². The fourth-order valence-corrected chi connectivity index (χ4v) is 2.26. The molecule has 0 atom stereocenters. The topological polar surface area (TPSA) is 26.0 Å². The van der Waals surface area contributed by atoms with Crippen LogP contribution in [0.3, 0.4) is 0 Å². The van der Waals surface area contributed by atoms with Gasteiger partial charge in [0.15, 0.2) is 0 Å². The Labute approximate surface area is 128 Å². The van der Waals surface area contributed by atoms with E-state index in [2.05, 4.69) is 0 Å². The van der Waals surface area contributed by atoms with Crippen molar-refractivity contribution in [3.63, 3.8) is 0 Å². The molecule has 0 radical (unpaired) electrons. The lowest BCUT2D eigenvalue weighted by molar-refractivity contribution is -0.143. The van der Waals surface area contributed by atoms with Crippen molar-refractivity contribution in [3.8, 4) is 11.1 Å². The Balaban J connectivity index is 2.72. The third-order valence-electron chi connectivity index (χ3n) is 3.51. The number of aryl methyl sites for hydroxylation is 2. The second-order valence-electron chi connectivity index (χ2n) is 5.32. The summed E-state index contributed by atoms with van der Waals surface area (Å²) in [6.45, 7) is 3.29. The molecule has 7 heteroatoms. The molecular formula is C16H13F6N. The Morgan fingerprint density at radius 1 is 0.652 bits per heavy atom. The molecule has 0 fully saturated rings. The monoisotopic (exact) mass is 333 g/mol. The highest BCUT2D eigenvalue weighted by Gasteiger charge is 2.37. The fraction of sp³-hybridized carbons (Fsp3) is 0.250. The molecule has 2 rings (SSSR count). The molecule has 0 amide bonds. The zero-order valence-corrected chi connectivity index (χ0v) is 12.2. The highest BCUT2D eigenvalue weighted by atomic mass is 19.4. The molecule has 0 unspecified atom stereocenters. The first-order valence-electron chi connectivity index (χ1n) is 6.56. The molecule has 0 aromatic heterocycles. The van der Waals surface area contributed by atoms with Crippen molar-refractivity contribution in [1.29, 1.82) is 0 Å². The van der Waals surface area contributed by atoms with Crippen LogP contribution in [-0.4, -0.2) is 0 Å². The summed E-state index contributed by atoms with van der Waals surface area (Å²) in [6.07, 6.45) is -9.73. The number of nitrogens with two attached hydrogens (primary N) is 1. The van der Waals surface area contributed by atoms with E-state index in [1.54, 1.807) is 13.8 Å². The average Bonchev–Trinajstić information content (AvgIpc) is 2.41. The van der Waals surface area contributed by atoms with E-state index in [9.17, 15) is 26.3 Å². The molecule has 0 bridgehead atoms. The summed E-state index contributed by atoms with van der Waals surface area (Å²) in [6, 6.07) is 4.47. The van der Waals surface area contributed by atoms with Gasteiger partial charge in [-0.2, -0.15) is 26.3 Å². The Kier molecular flexibility index (Phi) is 4.09. The van der Waals surface area contributed by atoms with Crippen LogP contribution in [0.2, 0.25) is 0 Å². The molecule has 1 nitrogen and oxygen atoms in total. The fourth-order valence-electron chi connectivity index (χ4n) is 2.26. The Bertz CT molecular complexity index is 688. The molecular weight excluding hydrogens is 320 g/mol. The summed E-state index contributed by atoms with van der Waals surface area (Å²) >= 11 is 0. The molecule has 0 aliphatic rings. The van der Waals surface area contributed by atoms with Crippen LogP contribution in [0.15, 0.2) is 30.3 Å². The smallest absolute Gasteiger partial charge is 0.398 e. The minimum atomic E-state index is -4.87. The first-order valence-corrected chi connectivity index (χ1v) is 6.56. The van der Waals surface area contributed by atoms with Crippen molar-refractivity contribution in [2.24, 2.45) is 0 Å². The Morgan fingerprint density at radius 3 is 1.35 bits per heavy atom. The summed E-state index contributed by atoms with van der Waals surface area (Å²) < 4.78 is 77.3. The summed E-state index contributed by atoms with van der Waals surface area (Å²) in [4.78, 5) is 0. The lowest BCUT2D eigenvalue weighted by Gasteiger charge is -2.15.